The van der Waals surface area contributed by atoms with Gasteiger partial charge in [-0.15, -0.1) is 21.5 Å². The van der Waals surface area contributed by atoms with Crippen LogP contribution in [0.2, 0.25) is 0 Å². The van der Waals surface area contributed by atoms with Crippen molar-refractivity contribution in [2.45, 2.75) is 32.2 Å². The summed E-state index contributed by atoms with van der Waals surface area (Å²) in [5, 5.41) is 18.9. The van der Waals surface area contributed by atoms with Crippen molar-refractivity contribution in [1.82, 2.24) is 24.3 Å². The third-order valence-corrected chi connectivity index (χ3v) is 6.59. The number of hydrogen-bond donors (Lipinski definition) is 0. The zero-order valence-electron chi connectivity index (χ0n) is 17.3. The van der Waals surface area contributed by atoms with Gasteiger partial charge >= 0.3 is 0 Å². The number of hydrogen-bond acceptors (Lipinski definition) is 6. The fourth-order valence-electron chi connectivity index (χ4n) is 3.94. The van der Waals surface area contributed by atoms with Crippen LogP contribution in [-0.4, -0.2) is 24.3 Å². The van der Waals surface area contributed by atoms with Crippen molar-refractivity contribution in [3.05, 3.63) is 91.6 Å². The van der Waals surface area contributed by atoms with Crippen LogP contribution < -0.4 is 14.8 Å². The summed E-state index contributed by atoms with van der Waals surface area (Å²) in [5.41, 5.74) is 1.78. The van der Waals surface area contributed by atoms with Crippen LogP contribution in [0.15, 0.2) is 59.7 Å². The average molecular weight is 441 g/mol. The van der Waals surface area contributed by atoms with Crippen LogP contribution in [0.5, 0.6) is 0 Å². The predicted molar refractivity (Wildman–Crippen MR) is 123 cm³/mol. The minimum absolute atomic E-state index is 0.170. The number of para-hydroxylation sites is 1. The number of fused-ring (bicyclic) bond motifs is 1. The Kier molecular flexibility index (Phi) is 5.48. The number of benzene rings is 1. The largest absolute Gasteiger partial charge is 0.310 e. The molecule has 0 saturated heterocycles. The van der Waals surface area contributed by atoms with Crippen LogP contribution in [0.25, 0.3) is 17.3 Å². The number of nitriles is 1. The Morgan fingerprint density at radius 3 is 2.66 bits per heavy atom. The van der Waals surface area contributed by atoms with Gasteiger partial charge in [0.25, 0.3) is 5.56 Å². The molecule has 1 aliphatic heterocycles. The van der Waals surface area contributed by atoms with Gasteiger partial charge in [0, 0.05) is 25.4 Å². The molecule has 0 atom stereocenters. The Morgan fingerprint density at radius 1 is 1.06 bits per heavy atom. The van der Waals surface area contributed by atoms with Crippen LogP contribution in [0.1, 0.15) is 36.5 Å². The zero-order valence-corrected chi connectivity index (χ0v) is 18.1. The van der Waals surface area contributed by atoms with E-state index in [2.05, 4.69) is 21.3 Å². The van der Waals surface area contributed by atoms with Crippen LogP contribution in [-0.2, 0) is 13.0 Å². The Bertz CT molecular complexity index is 1480. The third-order valence-electron chi connectivity index (χ3n) is 5.50. The quantitative estimate of drug-likeness (QED) is 0.487. The highest BCUT2D eigenvalue weighted by Gasteiger charge is 2.21. The van der Waals surface area contributed by atoms with Gasteiger partial charge in [-0.05, 0) is 48.7 Å². The lowest BCUT2D eigenvalue weighted by Gasteiger charge is -2.07. The Hall–Kier alpha value is -3.83. The summed E-state index contributed by atoms with van der Waals surface area (Å²) in [6.07, 6.45) is 9.28. The molecule has 0 bridgehead atoms. The maximum atomic E-state index is 13.5. The first kappa shape index (κ1) is 20.1. The maximum Gasteiger partial charge on any atom is 0.273 e. The molecule has 0 radical (unpaired) electrons. The number of rotatable bonds is 3. The summed E-state index contributed by atoms with van der Waals surface area (Å²) in [5.74, 6) is 1.43. The van der Waals surface area contributed by atoms with Gasteiger partial charge in [0.15, 0.2) is 5.82 Å². The van der Waals surface area contributed by atoms with E-state index < -0.39 is 0 Å². The summed E-state index contributed by atoms with van der Waals surface area (Å²) in [4.78, 5) is 17.5. The first-order valence-corrected chi connectivity index (χ1v) is 11.3. The average Bonchev–Trinajstić information content (AvgIpc) is 3.27. The normalized spacial score (nSPS) is 15.0. The maximum absolute atomic E-state index is 13.5. The smallest absolute Gasteiger partial charge is 0.273 e. The minimum Gasteiger partial charge on any atom is -0.310 e. The van der Waals surface area contributed by atoms with Gasteiger partial charge in [0.05, 0.1) is 10.2 Å². The second-order valence-electron chi connectivity index (χ2n) is 7.56. The van der Waals surface area contributed by atoms with E-state index in [0.717, 1.165) is 43.6 Å². The van der Waals surface area contributed by atoms with Crippen LogP contribution in [0.3, 0.4) is 0 Å². The lowest BCUT2D eigenvalue weighted by molar-refractivity contribution is 0.627. The van der Waals surface area contributed by atoms with Crippen LogP contribution in [0.4, 0.5) is 0 Å². The molecule has 8 heteroatoms. The number of aromatic nitrogens is 5. The van der Waals surface area contributed by atoms with E-state index >= 15 is 0 Å². The molecule has 0 N–H and O–H groups in total. The van der Waals surface area contributed by atoms with E-state index in [1.807, 2.05) is 53.1 Å². The van der Waals surface area contributed by atoms with E-state index in [1.165, 1.54) is 11.3 Å². The summed E-state index contributed by atoms with van der Waals surface area (Å²) in [6, 6.07) is 15.4. The van der Waals surface area contributed by atoms with Gasteiger partial charge in [0.2, 0.25) is 0 Å². The molecule has 4 aromatic rings. The number of aryl methyl sites for hydroxylation is 1. The molecule has 1 aromatic carbocycles. The molecule has 32 heavy (non-hydrogen) atoms. The lowest BCUT2D eigenvalue weighted by atomic mass is 10.2. The van der Waals surface area contributed by atoms with E-state index in [9.17, 15) is 10.1 Å². The Morgan fingerprint density at radius 2 is 1.88 bits per heavy atom. The summed E-state index contributed by atoms with van der Waals surface area (Å²) >= 11 is 1.30. The second-order valence-corrected chi connectivity index (χ2v) is 8.59. The molecule has 0 spiro atoms. The monoisotopic (exact) mass is 440 g/mol. The van der Waals surface area contributed by atoms with Gasteiger partial charge in [-0.1, -0.05) is 24.6 Å². The Labute approximate surface area is 188 Å². The first-order chi connectivity index (χ1) is 15.8. The molecule has 1 aliphatic rings. The highest BCUT2D eigenvalue weighted by atomic mass is 32.1. The molecule has 0 aliphatic carbocycles. The molecule has 4 heterocycles. The van der Waals surface area contributed by atoms with Crippen molar-refractivity contribution in [1.29, 1.82) is 5.26 Å². The number of pyridine rings is 1. The van der Waals surface area contributed by atoms with E-state index in [1.54, 1.807) is 17.0 Å². The van der Waals surface area contributed by atoms with Crippen molar-refractivity contribution < 1.29 is 0 Å². The van der Waals surface area contributed by atoms with Crippen LogP contribution >= 0.6 is 11.3 Å². The molecule has 0 saturated carbocycles. The van der Waals surface area contributed by atoms with Crippen molar-refractivity contribution in [2.24, 2.45) is 0 Å². The van der Waals surface area contributed by atoms with Crippen molar-refractivity contribution in [2.75, 3.05) is 0 Å². The zero-order chi connectivity index (χ0) is 21.9. The second kappa shape index (κ2) is 8.73. The SMILES string of the molecule is N#C/C(c1nnc2n1CCCCC2)=c1/s/c(=C\c2ccncc2)c(=O)n1-c1ccccc1. The Balaban J connectivity index is 1.84. The van der Waals surface area contributed by atoms with E-state index in [4.69, 9.17) is 0 Å². The van der Waals surface area contributed by atoms with Crippen molar-refractivity contribution >= 4 is 23.0 Å². The fourth-order valence-corrected chi connectivity index (χ4v) is 5.04. The minimum atomic E-state index is -0.170. The van der Waals surface area contributed by atoms with E-state index in [-0.39, 0.29) is 5.56 Å². The fraction of sp³-hybridized carbons (Fsp3) is 0.208. The standard InChI is InChI=1S/C24H20N6OS/c25-16-19(22-28-27-21-9-5-2-6-14-29(21)22)24-30(18-7-3-1-4-8-18)23(31)20(32-24)15-17-10-12-26-13-11-17/h1,3-4,7-8,10-13,15H,2,5-6,9,14H2/b20-15-,24-19-. The molecule has 7 nitrogen and oxygen atoms in total. The molecule has 0 unspecified atom stereocenters. The predicted octanol–water partition coefficient (Wildman–Crippen LogP) is 2.16. The van der Waals surface area contributed by atoms with Gasteiger partial charge in [-0.3, -0.25) is 14.3 Å². The number of thiazole rings is 1. The topological polar surface area (TPSA) is 89.4 Å². The van der Waals surface area contributed by atoms with Gasteiger partial charge in [-0.2, -0.15) is 5.26 Å². The van der Waals surface area contributed by atoms with Gasteiger partial charge in [0.1, 0.15) is 22.1 Å². The summed E-state index contributed by atoms with van der Waals surface area (Å²) < 4.78 is 4.74. The molecule has 5 rings (SSSR count). The molecular formula is C24H20N6OS. The summed E-state index contributed by atoms with van der Waals surface area (Å²) in [6.45, 7) is 0.778. The molecule has 3 aromatic heterocycles. The molecule has 0 fully saturated rings. The van der Waals surface area contributed by atoms with Crippen molar-refractivity contribution in [3.8, 4) is 11.8 Å². The van der Waals surface area contributed by atoms with Gasteiger partial charge in [-0.25, -0.2) is 0 Å². The molecule has 158 valence electrons. The van der Waals surface area contributed by atoms with Crippen LogP contribution in [0, 0.1) is 11.3 Å². The lowest BCUT2D eigenvalue weighted by Crippen LogP contribution is -2.31. The van der Waals surface area contributed by atoms with Gasteiger partial charge < -0.3 is 4.57 Å². The molecule has 0 amide bonds. The van der Waals surface area contributed by atoms with E-state index in [0.29, 0.717) is 26.3 Å². The third kappa shape index (κ3) is 3.67. The molecular weight excluding hydrogens is 420 g/mol. The van der Waals surface area contributed by atoms with Crippen molar-refractivity contribution in [3.63, 3.8) is 0 Å². The highest BCUT2D eigenvalue weighted by molar-refractivity contribution is 7.07. The number of nitrogens with zero attached hydrogens (tertiary/aromatic N) is 6. The highest BCUT2D eigenvalue weighted by Crippen LogP contribution is 2.18. The summed E-state index contributed by atoms with van der Waals surface area (Å²) in [7, 11) is 0. The first-order valence-electron chi connectivity index (χ1n) is 10.5.